The van der Waals surface area contributed by atoms with E-state index < -0.39 is 35.7 Å². The van der Waals surface area contributed by atoms with Gasteiger partial charge in [0.2, 0.25) is 0 Å². The highest BCUT2D eigenvalue weighted by atomic mass is 16.6. The van der Waals surface area contributed by atoms with Gasteiger partial charge in [0, 0.05) is 11.1 Å². The zero-order chi connectivity index (χ0) is 21.1. The summed E-state index contributed by atoms with van der Waals surface area (Å²) >= 11 is 0. The predicted octanol–water partition coefficient (Wildman–Crippen LogP) is 1.89. The van der Waals surface area contributed by atoms with Crippen molar-refractivity contribution in [3.63, 3.8) is 0 Å². The lowest BCUT2D eigenvalue weighted by atomic mass is 9.87. The summed E-state index contributed by atoms with van der Waals surface area (Å²) in [5.74, 6) is -3.14. The van der Waals surface area contributed by atoms with Crippen LogP contribution < -0.4 is 0 Å². The van der Waals surface area contributed by atoms with Crippen molar-refractivity contribution >= 4 is 23.9 Å². The van der Waals surface area contributed by atoms with Crippen molar-refractivity contribution in [2.24, 2.45) is 11.8 Å². The molecule has 0 bridgehead atoms. The molecular formula is C20H26O8. The Labute approximate surface area is 164 Å². The summed E-state index contributed by atoms with van der Waals surface area (Å²) in [6, 6.07) is 0. The van der Waals surface area contributed by atoms with Gasteiger partial charge in [-0.1, -0.05) is 25.3 Å². The van der Waals surface area contributed by atoms with Crippen LogP contribution >= 0.6 is 0 Å². The van der Waals surface area contributed by atoms with E-state index in [9.17, 15) is 19.2 Å². The van der Waals surface area contributed by atoms with Gasteiger partial charge >= 0.3 is 23.9 Å². The monoisotopic (exact) mass is 394 g/mol. The van der Waals surface area contributed by atoms with Gasteiger partial charge in [-0.25, -0.2) is 9.59 Å². The predicted molar refractivity (Wildman–Crippen MR) is 98.8 cm³/mol. The Morgan fingerprint density at radius 1 is 0.821 bits per heavy atom. The van der Waals surface area contributed by atoms with Gasteiger partial charge in [0.1, 0.15) is 26.4 Å². The summed E-state index contributed by atoms with van der Waals surface area (Å²) in [6.07, 6.45) is 4.11. The van der Waals surface area contributed by atoms with Crippen molar-refractivity contribution < 1.29 is 38.1 Å². The fourth-order valence-corrected chi connectivity index (χ4v) is 2.28. The minimum absolute atomic E-state index is 0.0611. The molecule has 2 atom stereocenters. The molecule has 0 spiro atoms. The molecule has 28 heavy (non-hydrogen) atoms. The summed E-state index contributed by atoms with van der Waals surface area (Å²) in [5.41, 5.74) is 0.525. The molecule has 0 aromatic rings. The largest absolute Gasteiger partial charge is 0.462 e. The molecule has 0 heterocycles. The quantitative estimate of drug-likeness (QED) is 0.182. The van der Waals surface area contributed by atoms with Gasteiger partial charge in [0.15, 0.2) is 0 Å². The zero-order valence-electron chi connectivity index (χ0n) is 16.2. The Morgan fingerprint density at radius 3 is 1.79 bits per heavy atom. The van der Waals surface area contributed by atoms with Gasteiger partial charge < -0.3 is 18.9 Å². The van der Waals surface area contributed by atoms with Crippen molar-refractivity contribution in [3.05, 3.63) is 36.5 Å². The van der Waals surface area contributed by atoms with Crippen LogP contribution in [-0.4, -0.2) is 50.3 Å². The normalized spacial score (nSPS) is 17.9. The molecule has 0 N–H and O–H groups in total. The third-order valence-electron chi connectivity index (χ3n) is 3.78. The van der Waals surface area contributed by atoms with Crippen LogP contribution in [0.5, 0.6) is 0 Å². The lowest BCUT2D eigenvalue weighted by Gasteiger charge is -2.22. The Bertz CT molecular complexity index is 661. The Morgan fingerprint density at radius 2 is 1.29 bits per heavy atom. The molecule has 0 radical (unpaired) electrons. The molecule has 154 valence electrons. The van der Waals surface area contributed by atoms with Crippen LogP contribution in [0.3, 0.4) is 0 Å². The number of esters is 4. The van der Waals surface area contributed by atoms with Crippen LogP contribution in [0.4, 0.5) is 0 Å². The first kappa shape index (κ1) is 23.1. The summed E-state index contributed by atoms with van der Waals surface area (Å²) < 4.78 is 19.8. The molecule has 1 rings (SSSR count). The Hall–Kier alpha value is -2.90. The van der Waals surface area contributed by atoms with E-state index >= 15 is 0 Å². The Kier molecular flexibility index (Phi) is 9.70. The van der Waals surface area contributed by atoms with Crippen LogP contribution in [0.1, 0.15) is 26.7 Å². The van der Waals surface area contributed by atoms with Crippen molar-refractivity contribution in [1.82, 2.24) is 0 Å². The molecule has 0 saturated heterocycles. The summed E-state index contributed by atoms with van der Waals surface area (Å²) in [5, 5.41) is 0. The van der Waals surface area contributed by atoms with Crippen LogP contribution in [-0.2, 0) is 38.1 Å². The van der Waals surface area contributed by atoms with Crippen LogP contribution in [0.2, 0.25) is 0 Å². The van der Waals surface area contributed by atoms with E-state index in [1.165, 1.54) is 13.8 Å². The van der Waals surface area contributed by atoms with E-state index in [-0.39, 0.29) is 44.0 Å². The van der Waals surface area contributed by atoms with Crippen LogP contribution in [0.25, 0.3) is 0 Å². The second kappa shape index (κ2) is 11.7. The number of carbonyl (C=O) groups excluding carboxylic acids is 4. The third kappa shape index (κ3) is 8.20. The van der Waals surface area contributed by atoms with Crippen LogP contribution in [0.15, 0.2) is 36.5 Å². The smallest absolute Gasteiger partial charge is 0.333 e. The second-order valence-electron chi connectivity index (χ2n) is 6.37. The van der Waals surface area contributed by atoms with E-state index in [0.29, 0.717) is 6.42 Å². The number of hydrogen-bond donors (Lipinski definition) is 0. The SMILES string of the molecule is C=C(C)C(=O)OCCOC(=O)C1C=CCC(C(=O)OCCOC(=O)C(=C)C)C1. The first-order valence-corrected chi connectivity index (χ1v) is 8.87. The minimum Gasteiger partial charge on any atom is -0.462 e. The highest BCUT2D eigenvalue weighted by Gasteiger charge is 2.30. The molecule has 0 aromatic carbocycles. The van der Waals surface area contributed by atoms with Crippen molar-refractivity contribution in [1.29, 1.82) is 0 Å². The maximum atomic E-state index is 12.1. The molecule has 2 unspecified atom stereocenters. The van der Waals surface area contributed by atoms with Gasteiger partial charge in [-0.2, -0.15) is 0 Å². The molecule has 1 aliphatic carbocycles. The molecule has 8 heteroatoms. The third-order valence-corrected chi connectivity index (χ3v) is 3.78. The lowest BCUT2D eigenvalue weighted by molar-refractivity contribution is -0.156. The fourth-order valence-electron chi connectivity index (χ4n) is 2.28. The Balaban J connectivity index is 2.32. The maximum absolute atomic E-state index is 12.1. The summed E-state index contributed by atoms with van der Waals surface area (Å²) in [6.45, 7) is 9.66. The zero-order valence-corrected chi connectivity index (χ0v) is 16.2. The van der Waals surface area contributed by atoms with Crippen molar-refractivity contribution in [2.45, 2.75) is 26.7 Å². The van der Waals surface area contributed by atoms with E-state index in [0.717, 1.165) is 0 Å². The number of hydrogen-bond acceptors (Lipinski definition) is 8. The molecule has 0 amide bonds. The average molecular weight is 394 g/mol. The van der Waals surface area contributed by atoms with Gasteiger partial charge in [-0.15, -0.1) is 0 Å². The second-order valence-corrected chi connectivity index (χ2v) is 6.37. The topological polar surface area (TPSA) is 105 Å². The molecule has 0 aliphatic heterocycles. The number of rotatable bonds is 10. The number of ether oxygens (including phenoxy) is 4. The van der Waals surface area contributed by atoms with Gasteiger partial charge in [0.05, 0.1) is 11.8 Å². The minimum atomic E-state index is -0.579. The van der Waals surface area contributed by atoms with Crippen molar-refractivity contribution in [2.75, 3.05) is 26.4 Å². The maximum Gasteiger partial charge on any atom is 0.333 e. The van der Waals surface area contributed by atoms with E-state index in [1.54, 1.807) is 12.2 Å². The van der Waals surface area contributed by atoms with Gasteiger partial charge in [-0.3, -0.25) is 9.59 Å². The summed E-state index contributed by atoms with van der Waals surface area (Å²) in [7, 11) is 0. The summed E-state index contributed by atoms with van der Waals surface area (Å²) in [4.78, 5) is 46.7. The molecular weight excluding hydrogens is 368 g/mol. The fraction of sp³-hybridized carbons (Fsp3) is 0.500. The van der Waals surface area contributed by atoms with Gasteiger partial charge in [0.25, 0.3) is 0 Å². The van der Waals surface area contributed by atoms with E-state index in [4.69, 9.17) is 18.9 Å². The molecule has 0 aromatic heterocycles. The van der Waals surface area contributed by atoms with Gasteiger partial charge in [-0.05, 0) is 26.7 Å². The molecule has 0 saturated carbocycles. The van der Waals surface area contributed by atoms with E-state index in [2.05, 4.69) is 13.2 Å². The first-order valence-electron chi connectivity index (χ1n) is 8.87. The number of carbonyl (C=O) groups is 4. The van der Waals surface area contributed by atoms with Crippen LogP contribution in [0, 0.1) is 11.8 Å². The molecule has 0 fully saturated rings. The molecule has 8 nitrogen and oxygen atoms in total. The first-order chi connectivity index (χ1) is 13.2. The average Bonchev–Trinajstić information content (AvgIpc) is 2.67. The lowest BCUT2D eigenvalue weighted by Crippen LogP contribution is -2.28. The standard InChI is InChI=1S/C20H26O8/c1-13(2)17(21)25-8-10-27-19(23)15-6-5-7-16(12-15)20(24)28-11-9-26-18(22)14(3)4/h5-6,15-16H,1,3,7-12H2,2,4H3. The van der Waals surface area contributed by atoms with E-state index in [1.807, 2.05) is 0 Å². The molecule has 1 aliphatic rings. The number of allylic oxidation sites excluding steroid dienone is 1. The highest BCUT2D eigenvalue weighted by molar-refractivity contribution is 5.87. The highest BCUT2D eigenvalue weighted by Crippen LogP contribution is 2.25. The van der Waals surface area contributed by atoms with Crippen molar-refractivity contribution in [3.8, 4) is 0 Å².